The number of benzene rings is 1. The number of allylic oxidation sites excluding steroid dienone is 2. The number of methoxy groups -OCH3 is 1. The van der Waals surface area contributed by atoms with Crippen molar-refractivity contribution in [3.05, 3.63) is 60.6 Å². The minimum absolute atomic E-state index is 0.107. The van der Waals surface area contributed by atoms with Crippen LogP contribution in [0.3, 0.4) is 0 Å². The number of amides is 1. The van der Waals surface area contributed by atoms with Gasteiger partial charge in [-0.05, 0) is 76.2 Å². The quantitative estimate of drug-likeness (QED) is 0.453. The van der Waals surface area contributed by atoms with Crippen LogP contribution in [0.2, 0.25) is 0 Å². The van der Waals surface area contributed by atoms with E-state index in [2.05, 4.69) is 53.5 Å². The number of likely N-dealkylation sites (N-methyl/N-ethyl adjacent to an activating group) is 2. The van der Waals surface area contributed by atoms with E-state index in [1.807, 2.05) is 26.1 Å². The number of hydrogen-bond donors (Lipinski definition) is 1. The van der Waals surface area contributed by atoms with Crippen molar-refractivity contribution in [2.24, 2.45) is 10.9 Å². The van der Waals surface area contributed by atoms with E-state index in [-0.39, 0.29) is 11.8 Å². The molecule has 1 aromatic carbocycles. The van der Waals surface area contributed by atoms with Crippen LogP contribution in [-0.2, 0) is 4.79 Å². The largest absolute Gasteiger partial charge is 0.495 e. The fraction of sp³-hybridized carbons (Fsp3) is 0.548. The molecule has 0 spiro atoms. The number of aliphatic imine (C=N–C) groups is 1. The number of ether oxygens (including phenoxy) is 1. The Labute approximate surface area is 228 Å². The van der Waals surface area contributed by atoms with Gasteiger partial charge in [-0.2, -0.15) is 0 Å². The van der Waals surface area contributed by atoms with E-state index < -0.39 is 0 Å². The Balaban J connectivity index is 1.62. The summed E-state index contributed by atoms with van der Waals surface area (Å²) >= 11 is 0. The van der Waals surface area contributed by atoms with Crippen molar-refractivity contribution in [2.75, 3.05) is 46.2 Å². The minimum atomic E-state index is -0.145. The number of carbonyl (C=O) groups is 1. The molecule has 7 heteroatoms. The van der Waals surface area contributed by atoms with Crippen LogP contribution in [0.5, 0.6) is 5.75 Å². The summed E-state index contributed by atoms with van der Waals surface area (Å²) in [5, 5.41) is 3.40. The van der Waals surface area contributed by atoms with Gasteiger partial charge in [-0.15, -0.1) is 6.58 Å². The summed E-state index contributed by atoms with van der Waals surface area (Å²) in [6, 6.07) is 6.77. The van der Waals surface area contributed by atoms with Crippen molar-refractivity contribution in [2.45, 2.75) is 63.8 Å². The number of nitrogens with one attached hydrogen (secondary N) is 1. The van der Waals surface area contributed by atoms with Gasteiger partial charge >= 0.3 is 0 Å². The average molecular weight is 520 g/mol. The number of piperidine rings is 1. The second kappa shape index (κ2) is 12.7. The number of nitrogens with zero attached hydrogens (tertiary/aromatic N) is 4. The second-order valence-electron chi connectivity index (χ2n) is 11.0. The maximum atomic E-state index is 13.4. The molecular formula is C31H45N5O2. The molecule has 1 aliphatic carbocycles. The maximum absolute atomic E-state index is 13.4. The van der Waals surface area contributed by atoms with Crippen molar-refractivity contribution in [3.8, 4) is 5.75 Å². The van der Waals surface area contributed by atoms with Crippen LogP contribution in [0, 0.1) is 5.92 Å². The fourth-order valence-corrected chi connectivity index (χ4v) is 6.27. The third kappa shape index (κ3) is 6.15. The lowest BCUT2D eigenvalue weighted by Gasteiger charge is -2.32. The Morgan fingerprint density at radius 3 is 2.61 bits per heavy atom. The highest BCUT2D eigenvalue weighted by atomic mass is 16.5. The Morgan fingerprint density at radius 1 is 1.18 bits per heavy atom. The highest BCUT2D eigenvalue weighted by Crippen LogP contribution is 2.34. The molecule has 2 unspecified atom stereocenters. The highest BCUT2D eigenvalue weighted by molar-refractivity contribution is 6.04. The van der Waals surface area contributed by atoms with Gasteiger partial charge < -0.3 is 24.8 Å². The summed E-state index contributed by atoms with van der Waals surface area (Å²) in [5.41, 5.74) is 2.96. The average Bonchev–Trinajstić information content (AvgIpc) is 3.42. The standard InChI is InChI=1S/C31H45N5O2/c1-7-12-25-21-36(26-14-9-10-15-26)30(28(8-2)35(5)31(25)37)33-22(3)32-27-17-16-23(19-29(27)38-6)24-13-11-18-34(4)20-24/h7-8,16-17,19,24-26,32H,1,3,9-15,18,20-21H2,2,4-6H3/b28-8+,33-30+. The van der Waals surface area contributed by atoms with Gasteiger partial charge in [0.05, 0.1) is 24.4 Å². The molecule has 1 amide bonds. The first-order valence-corrected chi connectivity index (χ1v) is 14.1. The lowest BCUT2D eigenvalue weighted by molar-refractivity contribution is -0.131. The number of amidine groups is 1. The Morgan fingerprint density at radius 2 is 1.95 bits per heavy atom. The molecule has 1 N–H and O–H groups in total. The van der Waals surface area contributed by atoms with Gasteiger partial charge in [0.15, 0.2) is 5.84 Å². The summed E-state index contributed by atoms with van der Waals surface area (Å²) in [5.74, 6) is 2.59. The number of carbonyl (C=O) groups excluding carboxylic acids is 1. The predicted octanol–water partition coefficient (Wildman–Crippen LogP) is 5.60. The van der Waals surface area contributed by atoms with E-state index in [1.165, 1.54) is 31.2 Å². The first-order valence-electron chi connectivity index (χ1n) is 14.1. The van der Waals surface area contributed by atoms with E-state index in [0.717, 1.165) is 48.9 Å². The monoisotopic (exact) mass is 519 g/mol. The normalized spacial score (nSPS) is 25.6. The Hall–Kier alpha value is -3.06. The van der Waals surface area contributed by atoms with Crippen molar-refractivity contribution in [3.63, 3.8) is 0 Å². The van der Waals surface area contributed by atoms with E-state index >= 15 is 0 Å². The molecule has 206 valence electrons. The van der Waals surface area contributed by atoms with E-state index in [4.69, 9.17) is 9.73 Å². The molecule has 4 rings (SSSR count). The molecule has 2 aliphatic heterocycles. The zero-order valence-electron chi connectivity index (χ0n) is 23.7. The van der Waals surface area contributed by atoms with Crippen LogP contribution in [-0.4, -0.2) is 73.3 Å². The molecule has 2 atom stereocenters. The summed E-state index contributed by atoms with van der Waals surface area (Å²) in [6.45, 7) is 13.0. The number of rotatable bonds is 8. The summed E-state index contributed by atoms with van der Waals surface area (Å²) in [4.78, 5) is 24.9. The van der Waals surface area contributed by atoms with Crippen molar-refractivity contribution in [1.82, 2.24) is 14.7 Å². The van der Waals surface area contributed by atoms with E-state index in [1.54, 1.807) is 12.0 Å². The summed E-state index contributed by atoms with van der Waals surface area (Å²) < 4.78 is 5.78. The highest BCUT2D eigenvalue weighted by Gasteiger charge is 2.37. The van der Waals surface area contributed by atoms with Crippen molar-refractivity contribution >= 4 is 17.4 Å². The van der Waals surface area contributed by atoms with Crippen LogP contribution >= 0.6 is 0 Å². The van der Waals surface area contributed by atoms with Gasteiger partial charge in [0.1, 0.15) is 11.6 Å². The maximum Gasteiger partial charge on any atom is 0.232 e. The molecule has 3 aliphatic rings. The molecule has 1 aromatic rings. The third-order valence-corrected chi connectivity index (χ3v) is 8.29. The SMILES string of the molecule is C=CCC1CN(C2CCCC2)C(=N/C(=C)Nc2ccc(C3CCCN(C)C3)cc2OC)/C(=C\C)N(C)C1=O. The van der Waals surface area contributed by atoms with Gasteiger partial charge in [0.2, 0.25) is 5.91 Å². The molecule has 2 saturated heterocycles. The molecule has 7 nitrogen and oxygen atoms in total. The molecule has 0 radical (unpaired) electrons. The summed E-state index contributed by atoms with van der Waals surface area (Å²) in [6.07, 6.45) is 11.5. The molecule has 0 aromatic heterocycles. The first-order chi connectivity index (χ1) is 18.4. The van der Waals surface area contributed by atoms with Gasteiger partial charge in [0, 0.05) is 26.2 Å². The van der Waals surface area contributed by atoms with E-state index in [0.29, 0.717) is 30.7 Å². The Bertz CT molecular complexity index is 1090. The smallest absolute Gasteiger partial charge is 0.232 e. The lowest BCUT2D eigenvalue weighted by Crippen LogP contribution is -2.42. The van der Waals surface area contributed by atoms with Gasteiger partial charge in [-0.3, -0.25) is 4.79 Å². The fourth-order valence-electron chi connectivity index (χ4n) is 6.27. The molecule has 3 fully saturated rings. The van der Waals surface area contributed by atoms with E-state index in [9.17, 15) is 4.79 Å². The molecule has 1 saturated carbocycles. The van der Waals surface area contributed by atoms with Crippen LogP contribution in [0.1, 0.15) is 63.4 Å². The molecule has 2 heterocycles. The molecular weight excluding hydrogens is 474 g/mol. The second-order valence-corrected chi connectivity index (χ2v) is 11.0. The Kier molecular flexibility index (Phi) is 9.31. The number of likely N-dealkylation sites (tertiary alicyclic amines) is 1. The van der Waals surface area contributed by atoms with Crippen molar-refractivity contribution in [1.29, 1.82) is 0 Å². The zero-order chi connectivity index (χ0) is 27.2. The van der Waals surface area contributed by atoms with Crippen molar-refractivity contribution < 1.29 is 9.53 Å². The minimum Gasteiger partial charge on any atom is -0.495 e. The predicted molar refractivity (Wildman–Crippen MR) is 156 cm³/mol. The van der Waals surface area contributed by atoms with Crippen LogP contribution < -0.4 is 10.1 Å². The topological polar surface area (TPSA) is 60.4 Å². The number of hydrogen-bond acceptors (Lipinski definition) is 5. The van der Waals surface area contributed by atoms with Gasteiger partial charge in [0.25, 0.3) is 0 Å². The van der Waals surface area contributed by atoms with Gasteiger partial charge in [-0.25, -0.2) is 4.99 Å². The van der Waals surface area contributed by atoms with Crippen LogP contribution in [0.15, 0.2) is 60.0 Å². The molecule has 0 bridgehead atoms. The third-order valence-electron chi connectivity index (χ3n) is 8.29. The molecule has 38 heavy (non-hydrogen) atoms. The van der Waals surface area contributed by atoms with Crippen LogP contribution in [0.4, 0.5) is 5.69 Å². The van der Waals surface area contributed by atoms with Gasteiger partial charge in [-0.1, -0.05) is 37.6 Å². The zero-order valence-corrected chi connectivity index (χ0v) is 23.7. The lowest BCUT2D eigenvalue weighted by atomic mass is 9.90. The first kappa shape index (κ1) is 28.0. The summed E-state index contributed by atoms with van der Waals surface area (Å²) in [7, 11) is 5.74. The number of anilines is 1. The van der Waals surface area contributed by atoms with Crippen LogP contribution in [0.25, 0.3) is 0 Å².